The Bertz CT molecular complexity index is 1120. The Labute approximate surface area is 189 Å². The molecule has 0 aliphatic carbocycles. The number of methoxy groups -OCH3 is 1. The van der Waals surface area contributed by atoms with E-state index in [4.69, 9.17) is 4.74 Å². The van der Waals surface area contributed by atoms with Crippen LogP contribution in [-0.4, -0.2) is 63.8 Å². The fourth-order valence-electron chi connectivity index (χ4n) is 2.83. The number of sulfonamides is 1. The van der Waals surface area contributed by atoms with Crippen LogP contribution < -0.4 is 9.46 Å². The highest BCUT2D eigenvalue weighted by atomic mass is 32.2. The normalized spacial score (nSPS) is 13.4. The quantitative estimate of drug-likeness (QED) is 0.374. The number of carbonyl (C=O) groups is 1. The number of hydrogen-bond donors (Lipinski definition) is 3. The molecule has 0 fully saturated rings. The van der Waals surface area contributed by atoms with Gasteiger partial charge in [-0.3, -0.25) is 4.79 Å². The second-order valence-electron chi connectivity index (χ2n) is 6.75. The standard InChI is InChI=1S/C20H22N4O6S2/c1-30-17-6-2-14(3-7-17)15-4-8-18(9-5-15)32(28,29)23-19(20(26)27)10-16(25)11-31-24-13-21-12-22-24/h2-9,12-13,16,19,23,25H,10-11H2,1H3,(H,26,27). The number of aliphatic hydroxyl groups is 1. The minimum Gasteiger partial charge on any atom is -0.497 e. The van der Waals surface area contributed by atoms with E-state index < -0.39 is 28.1 Å². The number of rotatable bonds is 11. The number of carboxylic acids is 1. The van der Waals surface area contributed by atoms with Gasteiger partial charge in [0, 0.05) is 12.2 Å². The number of nitrogens with zero attached hydrogens (tertiary/aromatic N) is 3. The summed E-state index contributed by atoms with van der Waals surface area (Å²) < 4.78 is 34.1. The van der Waals surface area contributed by atoms with Crippen molar-refractivity contribution < 1.29 is 28.2 Å². The fraction of sp³-hybridized carbons (Fsp3) is 0.250. The topological polar surface area (TPSA) is 144 Å². The SMILES string of the molecule is COc1ccc(-c2ccc(S(=O)(=O)NC(CC(O)CSn3cncn3)C(=O)O)cc2)cc1. The van der Waals surface area contributed by atoms with Crippen LogP contribution in [-0.2, 0) is 14.8 Å². The maximum atomic E-state index is 12.7. The molecule has 0 saturated heterocycles. The van der Waals surface area contributed by atoms with Crippen molar-refractivity contribution in [1.82, 2.24) is 18.9 Å². The lowest BCUT2D eigenvalue weighted by Gasteiger charge is -2.18. The van der Waals surface area contributed by atoms with Gasteiger partial charge in [-0.15, -0.1) is 5.10 Å². The number of aromatic nitrogens is 3. The van der Waals surface area contributed by atoms with E-state index in [9.17, 15) is 23.4 Å². The first-order valence-corrected chi connectivity index (χ1v) is 11.9. The molecule has 32 heavy (non-hydrogen) atoms. The lowest BCUT2D eigenvalue weighted by Crippen LogP contribution is -2.43. The van der Waals surface area contributed by atoms with E-state index in [0.29, 0.717) is 5.75 Å². The molecule has 10 nitrogen and oxygen atoms in total. The van der Waals surface area contributed by atoms with Crippen LogP contribution in [0.4, 0.5) is 0 Å². The summed E-state index contributed by atoms with van der Waals surface area (Å²) >= 11 is 1.12. The van der Waals surface area contributed by atoms with Gasteiger partial charge in [0.1, 0.15) is 24.4 Å². The number of aliphatic hydroxyl groups excluding tert-OH is 1. The lowest BCUT2D eigenvalue weighted by molar-refractivity contribution is -0.139. The molecule has 1 aromatic heterocycles. The van der Waals surface area contributed by atoms with E-state index in [1.165, 1.54) is 28.9 Å². The summed E-state index contributed by atoms with van der Waals surface area (Å²) in [6, 6.07) is 11.9. The van der Waals surface area contributed by atoms with Gasteiger partial charge in [0.15, 0.2) is 0 Å². The monoisotopic (exact) mass is 478 g/mol. The Morgan fingerprint density at radius 3 is 2.31 bits per heavy atom. The third-order valence-corrected chi connectivity index (χ3v) is 6.96. The third kappa shape index (κ3) is 6.29. The van der Waals surface area contributed by atoms with Crippen LogP contribution >= 0.6 is 11.9 Å². The predicted octanol–water partition coefficient (Wildman–Crippen LogP) is 1.63. The van der Waals surface area contributed by atoms with Crippen LogP contribution in [0, 0.1) is 0 Å². The van der Waals surface area contributed by atoms with Crippen molar-refractivity contribution in [3.63, 3.8) is 0 Å². The molecular formula is C20H22N4O6S2. The molecule has 0 aliphatic heterocycles. The molecule has 0 amide bonds. The van der Waals surface area contributed by atoms with Crippen molar-refractivity contribution in [3.05, 3.63) is 61.2 Å². The van der Waals surface area contributed by atoms with Gasteiger partial charge in [0.25, 0.3) is 0 Å². The first kappa shape index (κ1) is 23.7. The minimum absolute atomic E-state index is 0.0764. The zero-order chi connectivity index (χ0) is 23.1. The van der Waals surface area contributed by atoms with Gasteiger partial charge in [-0.05, 0) is 47.3 Å². The van der Waals surface area contributed by atoms with E-state index in [2.05, 4.69) is 14.8 Å². The molecule has 3 aromatic rings. The molecule has 0 bridgehead atoms. The number of carboxylic acid groups (broad SMARTS) is 1. The highest BCUT2D eigenvalue weighted by Gasteiger charge is 2.28. The second kappa shape index (κ2) is 10.6. The first-order valence-electron chi connectivity index (χ1n) is 9.44. The Kier molecular flexibility index (Phi) is 7.85. The number of nitrogens with one attached hydrogen (secondary N) is 1. The molecule has 0 spiro atoms. The maximum Gasteiger partial charge on any atom is 0.321 e. The summed E-state index contributed by atoms with van der Waals surface area (Å²) in [5.41, 5.74) is 1.67. The number of hydrogen-bond acceptors (Lipinski definition) is 8. The number of ether oxygens (including phenoxy) is 1. The van der Waals surface area contributed by atoms with Crippen LogP contribution in [0.1, 0.15) is 6.42 Å². The average molecular weight is 479 g/mol. The maximum absolute atomic E-state index is 12.7. The van der Waals surface area contributed by atoms with E-state index in [-0.39, 0.29) is 17.1 Å². The summed E-state index contributed by atoms with van der Waals surface area (Å²) in [4.78, 5) is 15.3. The van der Waals surface area contributed by atoms with Gasteiger partial charge in [0.2, 0.25) is 10.0 Å². The van der Waals surface area contributed by atoms with Crippen molar-refractivity contribution in [1.29, 1.82) is 0 Å². The molecule has 2 aromatic carbocycles. The van der Waals surface area contributed by atoms with Gasteiger partial charge < -0.3 is 14.9 Å². The van der Waals surface area contributed by atoms with E-state index in [0.717, 1.165) is 23.1 Å². The summed E-state index contributed by atoms with van der Waals surface area (Å²) in [6.07, 6.45) is 1.38. The van der Waals surface area contributed by atoms with Crippen LogP contribution in [0.15, 0.2) is 66.1 Å². The summed E-state index contributed by atoms with van der Waals surface area (Å²) in [7, 11) is -2.54. The van der Waals surface area contributed by atoms with Crippen LogP contribution in [0.5, 0.6) is 5.75 Å². The predicted molar refractivity (Wildman–Crippen MR) is 119 cm³/mol. The highest BCUT2D eigenvalue weighted by molar-refractivity contribution is 7.97. The zero-order valence-electron chi connectivity index (χ0n) is 17.0. The van der Waals surface area contributed by atoms with E-state index in [1.54, 1.807) is 31.4 Å². The molecule has 0 radical (unpaired) electrons. The van der Waals surface area contributed by atoms with Gasteiger partial charge in [-0.25, -0.2) is 13.4 Å². The Morgan fingerprint density at radius 2 is 1.78 bits per heavy atom. The Balaban J connectivity index is 1.65. The van der Waals surface area contributed by atoms with Crippen molar-refractivity contribution in [2.24, 2.45) is 0 Å². The molecule has 0 saturated carbocycles. The van der Waals surface area contributed by atoms with Crippen molar-refractivity contribution in [3.8, 4) is 16.9 Å². The molecule has 2 atom stereocenters. The van der Waals surface area contributed by atoms with Crippen LogP contribution in [0.3, 0.4) is 0 Å². The van der Waals surface area contributed by atoms with Crippen molar-refractivity contribution in [2.75, 3.05) is 12.9 Å². The number of aliphatic carboxylic acids is 1. The third-order valence-electron chi connectivity index (χ3n) is 4.49. The van der Waals surface area contributed by atoms with E-state index in [1.807, 2.05) is 12.1 Å². The van der Waals surface area contributed by atoms with E-state index >= 15 is 0 Å². The molecule has 1 heterocycles. The van der Waals surface area contributed by atoms with Gasteiger partial charge in [-0.1, -0.05) is 24.3 Å². The zero-order valence-corrected chi connectivity index (χ0v) is 18.7. The molecule has 3 N–H and O–H groups in total. The largest absolute Gasteiger partial charge is 0.497 e. The summed E-state index contributed by atoms with van der Waals surface area (Å²) in [6.45, 7) is 0. The van der Waals surface area contributed by atoms with Gasteiger partial charge in [0.05, 0.1) is 18.1 Å². The van der Waals surface area contributed by atoms with Crippen molar-refractivity contribution >= 4 is 27.9 Å². The van der Waals surface area contributed by atoms with Crippen LogP contribution in [0.25, 0.3) is 11.1 Å². The smallest absolute Gasteiger partial charge is 0.321 e. The molecule has 170 valence electrons. The molecule has 3 rings (SSSR count). The Hall–Kier alpha value is -2.93. The van der Waals surface area contributed by atoms with Gasteiger partial charge >= 0.3 is 5.97 Å². The fourth-order valence-corrected chi connectivity index (χ4v) is 4.72. The van der Waals surface area contributed by atoms with Gasteiger partial charge in [-0.2, -0.15) is 8.81 Å². The number of benzene rings is 2. The molecular weight excluding hydrogens is 456 g/mol. The summed E-state index contributed by atoms with van der Waals surface area (Å²) in [5, 5.41) is 23.4. The Morgan fingerprint density at radius 1 is 1.16 bits per heavy atom. The minimum atomic E-state index is -4.11. The molecule has 0 aliphatic rings. The highest BCUT2D eigenvalue weighted by Crippen LogP contribution is 2.24. The summed E-state index contributed by atoms with van der Waals surface area (Å²) in [5.74, 6) is -0.558. The van der Waals surface area contributed by atoms with Crippen LogP contribution in [0.2, 0.25) is 0 Å². The second-order valence-corrected chi connectivity index (χ2v) is 9.43. The average Bonchev–Trinajstić information content (AvgIpc) is 3.31. The first-order chi connectivity index (χ1) is 15.3. The molecule has 2 unspecified atom stereocenters. The van der Waals surface area contributed by atoms with Crippen molar-refractivity contribution in [2.45, 2.75) is 23.5 Å². The molecule has 12 heteroatoms. The lowest BCUT2D eigenvalue weighted by atomic mass is 10.1.